The highest BCUT2D eigenvalue weighted by atomic mass is 16.2. The average molecular weight is 185 g/mol. The van der Waals surface area contributed by atoms with E-state index in [0.717, 1.165) is 12.8 Å². The average Bonchev–Trinajstić information content (AvgIpc) is 2.16. The van der Waals surface area contributed by atoms with Crippen molar-refractivity contribution in [1.82, 2.24) is 15.1 Å². The molecule has 1 N–H and O–H groups in total. The van der Waals surface area contributed by atoms with E-state index in [0.29, 0.717) is 13.1 Å². The second-order valence-electron chi connectivity index (χ2n) is 3.28. The van der Waals surface area contributed by atoms with Crippen LogP contribution in [-0.4, -0.2) is 61.9 Å². The maximum absolute atomic E-state index is 11.5. The fraction of sp³-hybridized carbons (Fsp3) is 0.750. The SMILES string of the molecule is CN(C)C(=O)N1CCNCC1C=O. The van der Waals surface area contributed by atoms with Crippen LogP contribution in [0.4, 0.5) is 4.79 Å². The van der Waals surface area contributed by atoms with Crippen molar-refractivity contribution < 1.29 is 9.59 Å². The third kappa shape index (κ3) is 2.18. The molecule has 0 aromatic heterocycles. The highest BCUT2D eigenvalue weighted by molar-refractivity contribution is 5.78. The summed E-state index contributed by atoms with van der Waals surface area (Å²) in [6, 6.07) is -0.415. The van der Waals surface area contributed by atoms with E-state index < -0.39 is 0 Å². The molecule has 1 atom stereocenters. The summed E-state index contributed by atoms with van der Waals surface area (Å²) in [5, 5.41) is 3.07. The van der Waals surface area contributed by atoms with Crippen molar-refractivity contribution in [3.8, 4) is 0 Å². The van der Waals surface area contributed by atoms with E-state index in [1.807, 2.05) is 0 Å². The summed E-state index contributed by atoms with van der Waals surface area (Å²) in [6.07, 6.45) is 0.813. The number of carbonyl (C=O) groups excluding carboxylic acids is 2. The van der Waals surface area contributed by atoms with Crippen LogP contribution in [0.1, 0.15) is 0 Å². The standard InChI is InChI=1S/C8H15N3O2/c1-10(2)8(13)11-4-3-9-5-7(11)6-12/h6-7,9H,3-5H2,1-2H3. The van der Waals surface area contributed by atoms with Gasteiger partial charge in [-0.15, -0.1) is 0 Å². The lowest BCUT2D eigenvalue weighted by atomic mass is 10.2. The molecule has 1 aliphatic rings. The predicted molar refractivity (Wildman–Crippen MR) is 48.5 cm³/mol. The maximum atomic E-state index is 11.5. The molecule has 5 heteroatoms. The van der Waals surface area contributed by atoms with E-state index in [4.69, 9.17) is 0 Å². The molecule has 0 aliphatic carbocycles. The number of urea groups is 1. The van der Waals surface area contributed by atoms with Gasteiger partial charge in [0.15, 0.2) is 0 Å². The number of rotatable bonds is 1. The van der Waals surface area contributed by atoms with Crippen molar-refractivity contribution in [3.63, 3.8) is 0 Å². The summed E-state index contributed by atoms with van der Waals surface area (Å²) < 4.78 is 0. The monoisotopic (exact) mass is 185 g/mol. The van der Waals surface area contributed by atoms with E-state index in [1.54, 1.807) is 19.0 Å². The van der Waals surface area contributed by atoms with Gasteiger partial charge in [-0.1, -0.05) is 0 Å². The molecule has 1 heterocycles. The van der Waals surface area contributed by atoms with Gasteiger partial charge in [0.05, 0.1) is 0 Å². The van der Waals surface area contributed by atoms with Crippen LogP contribution in [0.3, 0.4) is 0 Å². The van der Waals surface area contributed by atoms with Crippen molar-refractivity contribution in [1.29, 1.82) is 0 Å². The first kappa shape index (κ1) is 9.98. The van der Waals surface area contributed by atoms with Crippen LogP contribution in [0.25, 0.3) is 0 Å². The van der Waals surface area contributed by atoms with E-state index in [2.05, 4.69) is 5.32 Å². The molecular weight excluding hydrogens is 170 g/mol. The third-order valence-electron chi connectivity index (χ3n) is 2.07. The van der Waals surface area contributed by atoms with E-state index in [-0.39, 0.29) is 12.1 Å². The van der Waals surface area contributed by atoms with Crippen molar-refractivity contribution in [2.45, 2.75) is 6.04 Å². The smallest absolute Gasteiger partial charge is 0.320 e. The molecule has 1 saturated heterocycles. The van der Waals surface area contributed by atoms with Gasteiger partial charge in [-0.05, 0) is 0 Å². The first-order valence-electron chi connectivity index (χ1n) is 4.30. The lowest BCUT2D eigenvalue weighted by molar-refractivity contribution is -0.112. The molecule has 1 rings (SSSR count). The lowest BCUT2D eigenvalue weighted by Gasteiger charge is -2.34. The maximum Gasteiger partial charge on any atom is 0.320 e. The molecule has 0 saturated carbocycles. The summed E-state index contributed by atoms with van der Waals surface area (Å²) in [5.74, 6) is 0. The number of hydrogen-bond acceptors (Lipinski definition) is 3. The zero-order valence-electron chi connectivity index (χ0n) is 7.99. The zero-order valence-corrected chi connectivity index (χ0v) is 7.99. The molecule has 0 aromatic rings. The molecule has 2 amide bonds. The van der Waals surface area contributed by atoms with Gasteiger partial charge in [0, 0.05) is 33.7 Å². The van der Waals surface area contributed by atoms with E-state index >= 15 is 0 Å². The molecule has 0 aromatic carbocycles. The van der Waals surface area contributed by atoms with Gasteiger partial charge in [-0.2, -0.15) is 0 Å². The Balaban J connectivity index is 2.63. The highest BCUT2D eigenvalue weighted by Gasteiger charge is 2.26. The van der Waals surface area contributed by atoms with Gasteiger partial charge < -0.3 is 19.9 Å². The second-order valence-corrected chi connectivity index (χ2v) is 3.28. The number of amides is 2. The molecule has 5 nitrogen and oxygen atoms in total. The molecule has 0 radical (unpaired) electrons. The molecular formula is C8H15N3O2. The van der Waals surface area contributed by atoms with Crippen LogP contribution in [0.5, 0.6) is 0 Å². The number of hydrogen-bond donors (Lipinski definition) is 1. The fourth-order valence-electron chi connectivity index (χ4n) is 1.34. The molecule has 1 fully saturated rings. The van der Waals surface area contributed by atoms with E-state index in [9.17, 15) is 9.59 Å². The number of nitrogens with zero attached hydrogens (tertiary/aromatic N) is 2. The van der Waals surface area contributed by atoms with Crippen LogP contribution in [0, 0.1) is 0 Å². The fourth-order valence-corrected chi connectivity index (χ4v) is 1.34. The van der Waals surface area contributed by atoms with Crippen molar-refractivity contribution in [2.75, 3.05) is 33.7 Å². The largest absolute Gasteiger partial charge is 0.331 e. The molecule has 13 heavy (non-hydrogen) atoms. The topological polar surface area (TPSA) is 52.7 Å². The van der Waals surface area contributed by atoms with Crippen LogP contribution < -0.4 is 5.32 Å². The second kappa shape index (κ2) is 4.23. The molecule has 0 spiro atoms. The quantitative estimate of drug-likeness (QED) is 0.541. The molecule has 74 valence electrons. The van der Waals surface area contributed by atoms with Gasteiger partial charge in [0.25, 0.3) is 0 Å². The summed E-state index contributed by atoms with van der Waals surface area (Å²) in [6.45, 7) is 1.91. The number of piperazine rings is 1. The van der Waals surface area contributed by atoms with Crippen LogP contribution >= 0.6 is 0 Å². The Kier molecular flexibility index (Phi) is 3.25. The Morgan fingerprint density at radius 1 is 1.62 bits per heavy atom. The van der Waals surface area contributed by atoms with Gasteiger partial charge >= 0.3 is 6.03 Å². The Morgan fingerprint density at radius 3 is 2.85 bits per heavy atom. The van der Waals surface area contributed by atoms with Crippen molar-refractivity contribution in [3.05, 3.63) is 0 Å². The zero-order chi connectivity index (χ0) is 9.84. The molecule has 1 aliphatic heterocycles. The van der Waals surface area contributed by atoms with Crippen LogP contribution in [-0.2, 0) is 4.79 Å². The Bertz CT molecular complexity index is 206. The first-order chi connectivity index (χ1) is 6.16. The van der Waals surface area contributed by atoms with Gasteiger partial charge in [-0.3, -0.25) is 0 Å². The number of nitrogens with one attached hydrogen (secondary N) is 1. The minimum atomic E-state index is -0.316. The van der Waals surface area contributed by atoms with Crippen LogP contribution in [0.2, 0.25) is 0 Å². The minimum absolute atomic E-state index is 0.0985. The van der Waals surface area contributed by atoms with Crippen LogP contribution in [0.15, 0.2) is 0 Å². The van der Waals surface area contributed by atoms with Crippen molar-refractivity contribution >= 4 is 12.3 Å². The number of aldehydes is 1. The minimum Gasteiger partial charge on any atom is -0.331 e. The van der Waals surface area contributed by atoms with Gasteiger partial charge in [0.1, 0.15) is 12.3 Å². The predicted octanol–water partition coefficient (Wildman–Crippen LogP) is -0.859. The van der Waals surface area contributed by atoms with Gasteiger partial charge in [-0.25, -0.2) is 4.79 Å². The lowest BCUT2D eigenvalue weighted by Crippen LogP contribution is -2.56. The van der Waals surface area contributed by atoms with E-state index in [1.165, 1.54) is 4.90 Å². The first-order valence-corrected chi connectivity index (χ1v) is 4.30. The molecule has 1 unspecified atom stereocenters. The Morgan fingerprint density at radius 2 is 2.31 bits per heavy atom. The third-order valence-corrected chi connectivity index (χ3v) is 2.07. The normalized spacial score (nSPS) is 22.6. The van der Waals surface area contributed by atoms with Crippen molar-refractivity contribution in [2.24, 2.45) is 0 Å². The molecule has 0 bridgehead atoms. The Hall–Kier alpha value is -1.10. The summed E-state index contributed by atoms with van der Waals surface area (Å²) in [7, 11) is 3.37. The summed E-state index contributed by atoms with van der Waals surface area (Å²) in [4.78, 5) is 25.3. The number of carbonyl (C=O) groups is 2. The Labute approximate surface area is 77.7 Å². The summed E-state index contributed by atoms with van der Waals surface area (Å²) >= 11 is 0. The van der Waals surface area contributed by atoms with Gasteiger partial charge in [0.2, 0.25) is 0 Å². The summed E-state index contributed by atoms with van der Waals surface area (Å²) in [5.41, 5.74) is 0. The highest BCUT2D eigenvalue weighted by Crippen LogP contribution is 2.03.